The van der Waals surface area contributed by atoms with Gasteiger partial charge in [0.2, 0.25) is 0 Å². The fraction of sp³-hybridized carbons (Fsp3) is 1.00. The molecular formula is C11H25NO2. The second-order valence-corrected chi connectivity index (χ2v) is 4.09. The highest BCUT2D eigenvalue weighted by Gasteiger charge is 2.23. The van der Waals surface area contributed by atoms with E-state index in [0.717, 1.165) is 25.9 Å². The smallest absolute Gasteiger partial charge is 0.0615 e. The van der Waals surface area contributed by atoms with Crippen LogP contribution in [0.25, 0.3) is 0 Å². The first-order valence-corrected chi connectivity index (χ1v) is 5.49. The van der Waals surface area contributed by atoms with Crippen LogP contribution in [-0.4, -0.2) is 37.0 Å². The summed E-state index contributed by atoms with van der Waals surface area (Å²) in [7, 11) is 1.72. The molecule has 0 aliphatic carbocycles. The molecule has 3 nitrogen and oxygen atoms in total. The minimum Gasteiger partial charge on any atom is -0.396 e. The lowest BCUT2D eigenvalue weighted by molar-refractivity contribution is 0.131. The van der Waals surface area contributed by atoms with Gasteiger partial charge in [-0.15, -0.1) is 0 Å². The number of rotatable bonds is 8. The molecule has 0 saturated heterocycles. The number of aliphatic hydroxyl groups excluding tert-OH is 1. The van der Waals surface area contributed by atoms with Gasteiger partial charge in [0.1, 0.15) is 0 Å². The molecule has 0 aliphatic rings. The van der Waals surface area contributed by atoms with E-state index in [-0.39, 0.29) is 12.1 Å². The fourth-order valence-electron chi connectivity index (χ4n) is 1.55. The molecule has 2 atom stereocenters. The molecule has 0 bridgehead atoms. The first kappa shape index (κ1) is 13.9. The molecule has 0 spiro atoms. The lowest BCUT2D eigenvalue weighted by Crippen LogP contribution is -2.49. The van der Waals surface area contributed by atoms with Crippen LogP contribution in [0.1, 0.15) is 40.0 Å². The van der Waals surface area contributed by atoms with Gasteiger partial charge in [-0.25, -0.2) is 0 Å². The van der Waals surface area contributed by atoms with Gasteiger partial charge in [0.25, 0.3) is 0 Å². The van der Waals surface area contributed by atoms with E-state index in [9.17, 15) is 0 Å². The van der Waals surface area contributed by atoms with E-state index in [1.807, 2.05) is 0 Å². The largest absolute Gasteiger partial charge is 0.396 e. The zero-order chi connectivity index (χ0) is 11.0. The molecule has 2 unspecified atom stereocenters. The Morgan fingerprint density at radius 1 is 1.43 bits per heavy atom. The summed E-state index contributed by atoms with van der Waals surface area (Å²) in [6.07, 6.45) is 2.87. The zero-order valence-electron chi connectivity index (χ0n) is 9.97. The zero-order valence-corrected chi connectivity index (χ0v) is 9.97. The van der Waals surface area contributed by atoms with Crippen molar-refractivity contribution in [1.29, 1.82) is 0 Å². The van der Waals surface area contributed by atoms with E-state index in [0.29, 0.717) is 6.04 Å². The van der Waals surface area contributed by atoms with Crippen LogP contribution < -0.4 is 5.32 Å². The van der Waals surface area contributed by atoms with Crippen molar-refractivity contribution in [3.05, 3.63) is 0 Å². The van der Waals surface area contributed by atoms with Gasteiger partial charge in [-0.3, -0.25) is 0 Å². The summed E-state index contributed by atoms with van der Waals surface area (Å²) in [5.41, 5.74) is 0.0357. The van der Waals surface area contributed by atoms with Crippen LogP contribution in [0.5, 0.6) is 0 Å². The topological polar surface area (TPSA) is 41.5 Å². The summed E-state index contributed by atoms with van der Waals surface area (Å²) in [5.74, 6) is 0. The fourth-order valence-corrected chi connectivity index (χ4v) is 1.55. The molecule has 0 aromatic rings. The Kier molecular flexibility index (Phi) is 7.15. The maximum absolute atomic E-state index is 8.98. The molecule has 0 aromatic heterocycles. The average molecular weight is 203 g/mol. The number of ether oxygens (including phenoxy) is 1. The summed E-state index contributed by atoms with van der Waals surface area (Å²) in [4.78, 5) is 0. The van der Waals surface area contributed by atoms with Crippen LogP contribution in [0, 0.1) is 0 Å². The van der Waals surface area contributed by atoms with Crippen LogP contribution in [0.3, 0.4) is 0 Å². The van der Waals surface area contributed by atoms with Crippen molar-refractivity contribution in [1.82, 2.24) is 5.32 Å². The number of nitrogens with one attached hydrogen (secondary N) is 1. The Bertz CT molecular complexity index is 141. The molecule has 2 N–H and O–H groups in total. The minimum absolute atomic E-state index is 0.0357. The Morgan fingerprint density at radius 3 is 2.43 bits per heavy atom. The standard InChI is InChI=1S/C11H25NO2/c1-5-10(9-14-4)12-11(3,6-2)7-8-13/h10,12-13H,5-9H2,1-4H3. The molecule has 3 heteroatoms. The van der Waals surface area contributed by atoms with Crippen LogP contribution in [0.15, 0.2) is 0 Å². The Balaban J connectivity index is 4.11. The van der Waals surface area contributed by atoms with Crippen molar-refractivity contribution in [2.24, 2.45) is 0 Å². The van der Waals surface area contributed by atoms with E-state index in [4.69, 9.17) is 9.84 Å². The van der Waals surface area contributed by atoms with E-state index in [2.05, 4.69) is 26.1 Å². The predicted octanol–water partition coefficient (Wildman–Crippen LogP) is 1.55. The van der Waals surface area contributed by atoms with Crippen LogP contribution in [-0.2, 0) is 4.74 Å². The summed E-state index contributed by atoms with van der Waals surface area (Å²) >= 11 is 0. The Hall–Kier alpha value is -0.120. The average Bonchev–Trinajstić information content (AvgIpc) is 2.17. The molecule has 14 heavy (non-hydrogen) atoms. The third-order valence-corrected chi connectivity index (χ3v) is 2.86. The molecule has 0 saturated carbocycles. The molecule has 86 valence electrons. The minimum atomic E-state index is 0.0357. The maximum atomic E-state index is 8.98. The monoisotopic (exact) mass is 203 g/mol. The highest BCUT2D eigenvalue weighted by atomic mass is 16.5. The first-order valence-electron chi connectivity index (χ1n) is 5.49. The maximum Gasteiger partial charge on any atom is 0.0615 e. The highest BCUT2D eigenvalue weighted by molar-refractivity contribution is 4.84. The van der Waals surface area contributed by atoms with Crippen molar-refractivity contribution in [2.45, 2.75) is 51.6 Å². The van der Waals surface area contributed by atoms with Gasteiger partial charge >= 0.3 is 0 Å². The third kappa shape index (κ3) is 4.94. The van der Waals surface area contributed by atoms with Crippen molar-refractivity contribution in [3.63, 3.8) is 0 Å². The molecule has 0 amide bonds. The van der Waals surface area contributed by atoms with E-state index in [1.165, 1.54) is 0 Å². The lowest BCUT2D eigenvalue weighted by Gasteiger charge is -2.33. The van der Waals surface area contributed by atoms with Crippen LogP contribution >= 0.6 is 0 Å². The van der Waals surface area contributed by atoms with Gasteiger partial charge < -0.3 is 15.2 Å². The molecule has 0 radical (unpaired) electrons. The predicted molar refractivity (Wildman–Crippen MR) is 59.5 cm³/mol. The summed E-state index contributed by atoms with van der Waals surface area (Å²) in [6, 6.07) is 0.386. The number of hydrogen-bond acceptors (Lipinski definition) is 3. The van der Waals surface area contributed by atoms with E-state index < -0.39 is 0 Å². The lowest BCUT2D eigenvalue weighted by atomic mass is 9.93. The van der Waals surface area contributed by atoms with Crippen molar-refractivity contribution in [3.8, 4) is 0 Å². The SMILES string of the molecule is CCC(COC)NC(C)(CC)CCO. The summed E-state index contributed by atoms with van der Waals surface area (Å²) in [6.45, 7) is 7.41. The van der Waals surface area contributed by atoms with Gasteiger partial charge in [0.15, 0.2) is 0 Å². The van der Waals surface area contributed by atoms with Gasteiger partial charge in [-0.05, 0) is 26.2 Å². The van der Waals surface area contributed by atoms with Gasteiger partial charge in [0.05, 0.1) is 6.61 Å². The summed E-state index contributed by atoms with van der Waals surface area (Å²) in [5, 5.41) is 12.5. The van der Waals surface area contributed by atoms with Gasteiger partial charge in [-0.2, -0.15) is 0 Å². The highest BCUT2D eigenvalue weighted by Crippen LogP contribution is 2.15. The van der Waals surface area contributed by atoms with E-state index in [1.54, 1.807) is 7.11 Å². The van der Waals surface area contributed by atoms with Crippen molar-refractivity contribution >= 4 is 0 Å². The quantitative estimate of drug-likeness (QED) is 0.629. The van der Waals surface area contributed by atoms with Crippen LogP contribution in [0.4, 0.5) is 0 Å². The molecule has 0 fully saturated rings. The third-order valence-electron chi connectivity index (χ3n) is 2.86. The normalized spacial score (nSPS) is 17.8. The number of hydrogen-bond donors (Lipinski definition) is 2. The van der Waals surface area contributed by atoms with Gasteiger partial charge in [-0.1, -0.05) is 13.8 Å². The molecule has 0 aromatic carbocycles. The Morgan fingerprint density at radius 2 is 2.07 bits per heavy atom. The van der Waals surface area contributed by atoms with Crippen molar-refractivity contribution < 1.29 is 9.84 Å². The summed E-state index contributed by atoms with van der Waals surface area (Å²) < 4.78 is 5.14. The first-order chi connectivity index (χ1) is 6.61. The number of methoxy groups -OCH3 is 1. The van der Waals surface area contributed by atoms with Crippen molar-refractivity contribution in [2.75, 3.05) is 20.3 Å². The second-order valence-electron chi connectivity index (χ2n) is 4.09. The van der Waals surface area contributed by atoms with Crippen LogP contribution in [0.2, 0.25) is 0 Å². The molecule has 0 aliphatic heterocycles. The molecule has 0 rings (SSSR count). The van der Waals surface area contributed by atoms with Gasteiger partial charge in [0, 0.05) is 25.3 Å². The van der Waals surface area contributed by atoms with E-state index >= 15 is 0 Å². The molecular weight excluding hydrogens is 178 g/mol. The molecule has 0 heterocycles. The number of aliphatic hydroxyl groups is 1. The Labute approximate surface area is 87.8 Å². The second kappa shape index (κ2) is 7.21.